The van der Waals surface area contributed by atoms with E-state index in [1.54, 1.807) is 12.4 Å². The summed E-state index contributed by atoms with van der Waals surface area (Å²) in [5.74, 6) is 0.0205. The molecule has 1 atom stereocenters. The first-order chi connectivity index (χ1) is 11.1. The minimum atomic E-state index is 0.0205. The first-order valence-corrected chi connectivity index (χ1v) is 8.29. The number of pyridine rings is 1. The van der Waals surface area contributed by atoms with Gasteiger partial charge >= 0.3 is 0 Å². The molecule has 2 heterocycles. The van der Waals surface area contributed by atoms with Crippen LogP contribution in [0.5, 0.6) is 0 Å². The van der Waals surface area contributed by atoms with Gasteiger partial charge in [0.05, 0.1) is 17.8 Å². The Hall–Kier alpha value is -2.17. The van der Waals surface area contributed by atoms with Crippen LogP contribution in [-0.2, 0) is 6.54 Å². The van der Waals surface area contributed by atoms with E-state index in [0.29, 0.717) is 5.56 Å². The van der Waals surface area contributed by atoms with Crippen LogP contribution in [0.25, 0.3) is 0 Å². The molecule has 0 bridgehead atoms. The van der Waals surface area contributed by atoms with Gasteiger partial charge in [-0.15, -0.1) is 0 Å². The lowest BCUT2D eigenvalue weighted by Crippen LogP contribution is -2.31. The van der Waals surface area contributed by atoms with Crippen molar-refractivity contribution >= 4 is 5.91 Å². The van der Waals surface area contributed by atoms with Crippen molar-refractivity contribution in [3.8, 4) is 0 Å². The number of aromatic nitrogens is 3. The minimum absolute atomic E-state index is 0.0205. The number of rotatable bonds is 7. The molecule has 0 aliphatic rings. The molecule has 0 saturated heterocycles. The highest BCUT2D eigenvalue weighted by Crippen LogP contribution is 2.26. The summed E-state index contributed by atoms with van der Waals surface area (Å²) in [6, 6.07) is 4.01. The van der Waals surface area contributed by atoms with Crippen molar-refractivity contribution in [1.29, 1.82) is 0 Å². The first kappa shape index (κ1) is 17.2. The van der Waals surface area contributed by atoms with E-state index in [4.69, 9.17) is 0 Å². The molecular weight excluding hydrogens is 288 g/mol. The second-order valence-corrected chi connectivity index (χ2v) is 5.82. The number of unbranched alkanes of at least 4 members (excludes halogenated alkanes) is 1. The van der Waals surface area contributed by atoms with Crippen LogP contribution < -0.4 is 0 Å². The van der Waals surface area contributed by atoms with Gasteiger partial charge in [-0.3, -0.25) is 14.5 Å². The highest BCUT2D eigenvalue weighted by Gasteiger charge is 2.25. The molecule has 0 fully saturated rings. The maximum absolute atomic E-state index is 12.9. The van der Waals surface area contributed by atoms with Gasteiger partial charge in [0.25, 0.3) is 5.91 Å². The van der Waals surface area contributed by atoms with Crippen LogP contribution >= 0.6 is 0 Å². The zero-order chi connectivity index (χ0) is 16.8. The molecule has 124 valence electrons. The fourth-order valence-electron chi connectivity index (χ4n) is 2.86. The van der Waals surface area contributed by atoms with Crippen molar-refractivity contribution in [2.75, 3.05) is 7.05 Å². The normalized spacial score (nSPS) is 12.2. The zero-order valence-corrected chi connectivity index (χ0v) is 14.5. The molecule has 2 rings (SSSR count). The van der Waals surface area contributed by atoms with E-state index in [-0.39, 0.29) is 11.9 Å². The third-order valence-electron chi connectivity index (χ3n) is 4.32. The van der Waals surface area contributed by atoms with Crippen LogP contribution in [0.1, 0.15) is 60.8 Å². The molecule has 0 aromatic carbocycles. The Balaban J connectivity index is 2.27. The molecule has 0 radical (unpaired) electrons. The lowest BCUT2D eigenvalue weighted by molar-refractivity contribution is 0.0719. The first-order valence-electron chi connectivity index (χ1n) is 8.29. The van der Waals surface area contributed by atoms with E-state index < -0.39 is 0 Å². The summed E-state index contributed by atoms with van der Waals surface area (Å²) < 4.78 is 1.85. The molecule has 1 amide bonds. The molecule has 0 N–H and O–H groups in total. The lowest BCUT2D eigenvalue weighted by atomic mass is 10.0. The lowest BCUT2D eigenvalue weighted by Gasteiger charge is -2.28. The third-order valence-corrected chi connectivity index (χ3v) is 4.32. The molecule has 0 unspecified atom stereocenters. The van der Waals surface area contributed by atoms with Gasteiger partial charge in [-0.05, 0) is 31.9 Å². The van der Waals surface area contributed by atoms with Gasteiger partial charge in [0.1, 0.15) is 0 Å². The molecule has 5 heteroatoms. The zero-order valence-electron chi connectivity index (χ0n) is 14.5. The van der Waals surface area contributed by atoms with Crippen LogP contribution in [0.15, 0.2) is 30.7 Å². The third kappa shape index (κ3) is 3.78. The van der Waals surface area contributed by atoms with E-state index in [1.807, 2.05) is 48.8 Å². The van der Waals surface area contributed by atoms with Crippen LogP contribution in [0.3, 0.4) is 0 Å². The summed E-state index contributed by atoms with van der Waals surface area (Å²) in [4.78, 5) is 19.0. The smallest absolute Gasteiger partial charge is 0.257 e. The molecule has 0 aliphatic heterocycles. The number of hydrogen-bond acceptors (Lipinski definition) is 3. The maximum Gasteiger partial charge on any atom is 0.257 e. The van der Waals surface area contributed by atoms with E-state index in [1.165, 1.54) is 0 Å². The van der Waals surface area contributed by atoms with Crippen LogP contribution in [0.4, 0.5) is 0 Å². The highest BCUT2D eigenvalue weighted by atomic mass is 16.2. The summed E-state index contributed by atoms with van der Waals surface area (Å²) >= 11 is 0. The van der Waals surface area contributed by atoms with Crippen molar-refractivity contribution in [2.45, 2.75) is 52.6 Å². The van der Waals surface area contributed by atoms with Gasteiger partial charge in [-0.2, -0.15) is 5.10 Å². The second kappa shape index (κ2) is 7.90. The Bertz CT molecular complexity index is 636. The Labute approximate surface area is 138 Å². The highest BCUT2D eigenvalue weighted by molar-refractivity contribution is 5.95. The number of hydrogen-bond donors (Lipinski definition) is 0. The molecule has 0 spiro atoms. The Morgan fingerprint density at radius 3 is 2.70 bits per heavy atom. The fourth-order valence-corrected chi connectivity index (χ4v) is 2.86. The minimum Gasteiger partial charge on any atom is -0.335 e. The second-order valence-electron chi connectivity index (χ2n) is 5.82. The average Bonchev–Trinajstić information content (AvgIpc) is 2.96. The number of nitrogens with zero attached hydrogens (tertiary/aromatic N) is 4. The molecule has 23 heavy (non-hydrogen) atoms. The van der Waals surface area contributed by atoms with Gasteiger partial charge < -0.3 is 4.90 Å². The number of aryl methyl sites for hydroxylation is 1. The maximum atomic E-state index is 12.9. The molecule has 2 aromatic heterocycles. The van der Waals surface area contributed by atoms with Gasteiger partial charge in [-0.1, -0.05) is 25.8 Å². The fraction of sp³-hybridized carbons (Fsp3) is 0.500. The Morgan fingerprint density at radius 2 is 2.13 bits per heavy atom. The van der Waals surface area contributed by atoms with E-state index in [9.17, 15) is 4.79 Å². The quantitative estimate of drug-likeness (QED) is 0.784. The average molecular weight is 314 g/mol. The number of carbonyl (C=O) groups is 1. The summed E-state index contributed by atoms with van der Waals surface area (Å²) in [5, 5.41) is 4.29. The van der Waals surface area contributed by atoms with Crippen LogP contribution in [-0.4, -0.2) is 32.6 Å². The molecular formula is C18H26N4O. The van der Waals surface area contributed by atoms with Crippen molar-refractivity contribution in [3.63, 3.8) is 0 Å². The number of amides is 1. The predicted molar refractivity (Wildman–Crippen MR) is 91.2 cm³/mol. The summed E-state index contributed by atoms with van der Waals surface area (Å²) in [6.07, 6.45) is 8.41. The van der Waals surface area contributed by atoms with Gasteiger partial charge in [0, 0.05) is 31.7 Å². The molecule has 0 saturated carbocycles. The summed E-state index contributed by atoms with van der Waals surface area (Å²) in [5.41, 5.74) is 2.68. The summed E-state index contributed by atoms with van der Waals surface area (Å²) in [7, 11) is 1.87. The topological polar surface area (TPSA) is 51.0 Å². The van der Waals surface area contributed by atoms with Crippen molar-refractivity contribution in [3.05, 3.63) is 47.5 Å². The predicted octanol–water partition coefficient (Wildman–Crippen LogP) is 3.61. The standard InChI is InChI=1S/C18H26N4O/c1-5-7-10-17(15-9-8-11-19-12-15)21(4)18(23)16-13-20-22(6-2)14(16)3/h8-9,11-13,17H,5-7,10H2,1-4H3/t17-/m0/s1. The monoisotopic (exact) mass is 314 g/mol. The molecule has 2 aromatic rings. The van der Waals surface area contributed by atoms with Crippen molar-refractivity contribution < 1.29 is 4.79 Å². The SMILES string of the molecule is CCCC[C@@H](c1cccnc1)N(C)C(=O)c1cnn(CC)c1C. The number of carbonyl (C=O) groups excluding carboxylic acids is 1. The Kier molecular flexibility index (Phi) is 5.90. The van der Waals surface area contributed by atoms with Gasteiger partial charge in [0.15, 0.2) is 0 Å². The summed E-state index contributed by atoms with van der Waals surface area (Å²) in [6.45, 7) is 6.91. The van der Waals surface area contributed by atoms with Crippen LogP contribution in [0, 0.1) is 6.92 Å². The van der Waals surface area contributed by atoms with E-state index in [2.05, 4.69) is 17.0 Å². The Morgan fingerprint density at radius 1 is 1.35 bits per heavy atom. The van der Waals surface area contributed by atoms with Crippen molar-refractivity contribution in [1.82, 2.24) is 19.7 Å². The van der Waals surface area contributed by atoms with E-state index in [0.717, 1.165) is 37.1 Å². The molecule has 5 nitrogen and oxygen atoms in total. The largest absolute Gasteiger partial charge is 0.335 e. The van der Waals surface area contributed by atoms with E-state index >= 15 is 0 Å². The molecule has 0 aliphatic carbocycles. The van der Waals surface area contributed by atoms with Gasteiger partial charge in [-0.25, -0.2) is 0 Å². The van der Waals surface area contributed by atoms with Gasteiger partial charge in [0.2, 0.25) is 0 Å². The van der Waals surface area contributed by atoms with Crippen molar-refractivity contribution in [2.24, 2.45) is 0 Å². The van der Waals surface area contributed by atoms with Crippen LogP contribution in [0.2, 0.25) is 0 Å².